The van der Waals surface area contributed by atoms with E-state index >= 15 is 0 Å². The molecule has 104 valence electrons. The van der Waals surface area contributed by atoms with Gasteiger partial charge in [-0.3, -0.25) is 0 Å². The normalized spacial score (nSPS) is 12.3. The van der Waals surface area contributed by atoms with Crippen molar-refractivity contribution in [1.29, 1.82) is 5.26 Å². The number of hydrogen-bond donors (Lipinski definition) is 1. The lowest BCUT2D eigenvalue weighted by molar-refractivity contribution is 0.576. The third kappa shape index (κ3) is 4.22. The first kappa shape index (κ1) is 15.5. The zero-order valence-electron chi connectivity index (χ0n) is 11.9. The van der Waals surface area contributed by atoms with Crippen LogP contribution in [0.1, 0.15) is 38.8 Å². The van der Waals surface area contributed by atoms with E-state index in [4.69, 9.17) is 11.0 Å². The Balaban J connectivity index is 3.16. The summed E-state index contributed by atoms with van der Waals surface area (Å²) in [7, 11) is 0. The topological polar surface area (TPSA) is 53.0 Å². The molecular formula is C15H22FN3. The number of anilines is 1. The molecule has 0 aliphatic heterocycles. The van der Waals surface area contributed by atoms with Gasteiger partial charge >= 0.3 is 0 Å². The van der Waals surface area contributed by atoms with E-state index < -0.39 is 0 Å². The van der Waals surface area contributed by atoms with Crippen LogP contribution in [0.25, 0.3) is 0 Å². The first-order valence-electron chi connectivity index (χ1n) is 6.63. The van der Waals surface area contributed by atoms with Gasteiger partial charge in [0.1, 0.15) is 5.82 Å². The van der Waals surface area contributed by atoms with Gasteiger partial charge in [0.15, 0.2) is 0 Å². The van der Waals surface area contributed by atoms with Crippen molar-refractivity contribution in [3.63, 3.8) is 0 Å². The van der Waals surface area contributed by atoms with E-state index in [9.17, 15) is 4.39 Å². The van der Waals surface area contributed by atoms with Crippen LogP contribution >= 0.6 is 0 Å². The number of nitriles is 1. The molecule has 1 rings (SSSR count). The minimum atomic E-state index is -0.270. The summed E-state index contributed by atoms with van der Waals surface area (Å²) < 4.78 is 14.2. The van der Waals surface area contributed by atoms with Gasteiger partial charge in [-0.1, -0.05) is 26.0 Å². The highest BCUT2D eigenvalue weighted by Gasteiger charge is 2.18. The van der Waals surface area contributed by atoms with E-state index in [1.165, 1.54) is 6.07 Å². The van der Waals surface area contributed by atoms with Gasteiger partial charge in [-0.15, -0.1) is 0 Å². The van der Waals surface area contributed by atoms with E-state index in [1.54, 1.807) is 6.07 Å². The molecule has 3 nitrogen and oxygen atoms in total. The second-order valence-electron chi connectivity index (χ2n) is 5.21. The van der Waals surface area contributed by atoms with E-state index in [2.05, 4.69) is 19.9 Å². The molecule has 19 heavy (non-hydrogen) atoms. The molecule has 0 spiro atoms. The van der Waals surface area contributed by atoms with Gasteiger partial charge in [0.2, 0.25) is 0 Å². The van der Waals surface area contributed by atoms with Crippen molar-refractivity contribution in [2.24, 2.45) is 11.7 Å². The fraction of sp³-hybridized carbons (Fsp3) is 0.533. The molecule has 0 bridgehead atoms. The van der Waals surface area contributed by atoms with Gasteiger partial charge in [0.05, 0.1) is 18.2 Å². The predicted octanol–water partition coefficient (Wildman–Crippen LogP) is 3.22. The summed E-state index contributed by atoms with van der Waals surface area (Å²) in [6, 6.07) is 6.85. The van der Waals surface area contributed by atoms with Crippen LogP contribution in [-0.2, 0) is 0 Å². The first-order chi connectivity index (χ1) is 8.97. The lowest BCUT2D eigenvalue weighted by Crippen LogP contribution is -2.31. The van der Waals surface area contributed by atoms with Crippen LogP contribution in [-0.4, -0.2) is 13.1 Å². The molecule has 1 unspecified atom stereocenters. The third-order valence-electron chi connectivity index (χ3n) is 2.90. The molecule has 0 fully saturated rings. The van der Waals surface area contributed by atoms with Crippen LogP contribution < -0.4 is 10.6 Å². The monoisotopic (exact) mass is 263 g/mol. The van der Waals surface area contributed by atoms with Gasteiger partial charge < -0.3 is 10.6 Å². The smallest absolute Gasteiger partial charge is 0.146 e. The fourth-order valence-electron chi connectivity index (χ4n) is 2.15. The molecule has 1 aromatic rings. The van der Waals surface area contributed by atoms with Gasteiger partial charge in [0.25, 0.3) is 0 Å². The lowest BCUT2D eigenvalue weighted by atomic mass is 10.0. The molecule has 2 N–H and O–H groups in total. The maximum absolute atomic E-state index is 14.2. The summed E-state index contributed by atoms with van der Waals surface area (Å²) in [6.45, 7) is 7.23. The van der Waals surface area contributed by atoms with Crippen LogP contribution in [0, 0.1) is 23.1 Å². The molecule has 1 aromatic carbocycles. The zero-order valence-corrected chi connectivity index (χ0v) is 11.9. The van der Waals surface area contributed by atoms with Gasteiger partial charge in [-0.2, -0.15) is 5.26 Å². The van der Waals surface area contributed by atoms with E-state index in [0.717, 1.165) is 5.56 Å². The molecule has 0 radical (unpaired) electrons. The third-order valence-corrected chi connectivity index (χ3v) is 2.90. The van der Waals surface area contributed by atoms with E-state index in [-0.39, 0.29) is 11.9 Å². The number of hydrogen-bond acceptors (Lipinski definition) is 3. The van der Waals surface area contributed by atoms with Gasteiger partial charge in [-0.05, 0) is 24.5 Å². The Hall–Kier alpha value is -1.60. The number of rotatable bonds is 6. The molecule has 0 heterocycles. The van der Waals surface area contributed by atoms with Crippen molar-refractivity contribution >= 4 is 5.69 Å². The molecule has 1 atom stereocenters. The number of para-hydroxylation sites is 1. The Bertz CT molecular complexity index is 449. The number of nitrogens with zero attached hydrogens (tertiary/aromatic N) is 2. The average molecular weight is 263 g/mol. The Morgan fingerprint density at radius 1 is 1.37 bits per heavy atom. The van der Waals surface area contributed by atoms with Crippen LogP contribution in [0.3, 0.4) is 0 Å². The maximum Gasteiger partial charge on any atom is 0.146 e. The highest BCUT2D eigenvalue weighted by atomic mass is 19.1. The Morgan fingerprint density at radius 3 is 2.58 bits per heavy atom. The van der Waals surface area contributed by atoms with Crippen LogP contribution in [0.15, 0.2) is 18.2 Å². The summed E-state index contributed by atoms with van der Waals surface area (Å²) in [5, 5.41) is 8.75. The van der Waals surface area contributed by atoms with Crippen LogP contribution in [0.2, 0.25) is 0 Å². The van der Waals surface area contributed by atoms with E-state index in [0.29, 0.717) is 31.1 Å². The van der Waals surface area contributed by atoms with Crippen LogP contribution in [0.4, 0.5) is 10.1 Å². The van der Waals surface area contributed by atoms with Gasteiger partial charge in [0, 0.05) is 19.1 Å². The minimum Gasteiger partial charge on any atom is -0.368 e. The summed E-state index contributed by atoms with van der Waals surface area (Å²) in [6.07, 6.45) is 0.374. The molecule has 0 saturated carbocycles. The molecule has 0 aromatic heterocycles. The summed E-state index contributed by atoms with van der Waals surface area (Å²) in [5.41, 5.74) is 7.26. The number of halogens is 1. The quantitative estimate of drug-likeness (QED) is 0.857. The molecule has 0 aliphatic rings. The summed E-state index contributed by atoms with van der Waals surface area (Å²) in [4.78, 5) is 1.93. The Labute approximate surface area is 114 Å². The second-order valence-corrected chi connectivity index (χ2v) is 5.21. The van der Waals surface area contributed by atoms with Crippen molar-refractivity contribution in [3.05, 3.63) is 29.6 Å². The minimum absolute atomic E-state index is 0.234. The van der Waals surface area contributed by atoms with E-state index in [1.807, 2.05) is 17.9 Å². The zero-order chi connectivity index (χ0) is 14.4. The fourth-order valence-corrected chi connectivity index (χ4v) is 2.15. The highest BCUT2D eigenvalue weighted by Crippen LogP contribution is 2.29. The number of nitrogens with two attached hydrogens (primary N) is 1. The molecular weight excluding hydrogens is 241 g/mol. The maximum atomic E-state index is 14.2. The predicted molar refractivity (Wildman–Crippen MR) is 76.3 cm³/mol. The Kier molecular flexibility index (Phi) is 5.78. The first-order valence-corrected chi connectivity index (χ1v) is 6.63. The SMILES string of the molecule is CC(C)CN(CCC#N)c1c(F)cccc1C(C)N. The summed E-state index contributed by atoms with van der Waals surface area (Å²) in [5.74, 6) is 0.118. The highest BCUT2D eigenvalue weighted by molar-refractivity contribution is 5.56. The second kappa shape index (κ2) is 7.10. The molecule has 0 aliphatic carbocycles. The van der Waals surface area contributed by atoms with Crippen molar-refractivity contribution in [2.75, 3.05) is 18.0 Å². The lowest BCUT2D eigenvalue weighted by Gasteiger charge is -2.29. The van der Waals surface area contributed by atoms with Gasteiger partial charge in [-0.25, -0.2) is 4.39 Å². The Morgan fingerprint density at radius 2 is 2.05 bits per heavy atom. The molecule has 0 amide bonds. The van der Waals surface area contributed by atoms with Crippen LogP contribution in [0.5, 0.6) is 0 Å². The summed E-state index contributed by atoms with van der Waals surface area (Å²) >= 11 is 0. The van der Waals surface area contributed by atoms with Crippen molar-refractivity contribution in [2.45, 2.75) is 33.2 Å². The van der Waals surface area contributed by atoms with Crippen molar-refractivity contribution in [1.82, 2.24) is 0 Å². The number of benzene rings is 1. The molecule has 0 saturated heterocycles. The standard InChI is InChI=1S/C15H22FN3/c1-11(2)10-19(9-5-8-17)15-13(12(3)18)6-4-7-14(15)16/h4,6-7,11-12H,5,9-10,18H2,1-3H3. The average Bonchev–Trinajstić information content (AvgIpc) is 2.33. The van der Waals surface area contributed by atoms with Crippen molar-refractivity contribution < 1.29 is 4.39 Å². The molecule has 4 heteroatoms. The van der Waals surface area contributed by atoms with Crippen molar-refractivity contribution in [3.8, 4) is 6.07 Å². The largest absolute Gasteiger partial charge is 0.368 e.